The Hall–Kier alpha value is 0.270. The van der Waals surface area contributed by atoms with Crippen molar-refractivity contribution in [3.8, 4) is 0 Å². The van der Waals surface area contributed by atoms with Crippen molar-refractivity contribution in [2.75, 3.05) is 32.4 Å². The van der Waals surface area contributed by atoms with Crippen LogP contribution in [0.15, 0.2) is 0 Å². The van der Waals surface area contributed by atoms with E-state index in [-0.39, 0.29) is 0 Å². The van der Waals surface area contributed by atoms with Crippen LogP contribution in [0.3, 0.4) is 0 Å². The van der Waals surface area contributed by atoms with Gasteiger partial charge in [-0.15, -0.1) is 11.8 Å². The fourth-order valence-electron chi connectivity index (χ4n) is 1.38. The lowest BCUT2D eigenvalue weighted by Gasteiger charge is -2.25. The minimum Gasteiger partial charge on any atom is -0.315 e. The van der Waals surface area contributed by atoms with Crippen molar-refractivity contribution in [2.45, 2.75) is 18.7 Å². The van der Waals surface area contributed by atoms with Gasteiger partial charge in [0, 0.05) is 19.6 Å². The van der Waals surface area contributed by atoms with Crippen LogP contribution in [0.1, 0.15) is 13.3 Å². The summed E-state index contributed by atoms with van der Waals surface area (Å²) >= 11 is 1.94. The van der Waals surface area contributed by atoms with Gasteiger partial charge in [-0.2, -0.15) is 0 Å². The quantitative estimate of drug-likeness (QED) is 0.672. The number of thioether (sulfide) groups is 1. The minimum atomic E-state index is 0.690. The molecule has 0 aromatic carbocycles. The van der Waals surface area contributed by atoms with Gasteiger partial charge in [0.05, 0.1) is 5.37 Å². The lowest BCUT2D eigenvalue weighted by atomic mass is 10.4. The maximum Gasteiger partial charge on any atom is 0.0526 e. The molecular weight excluding hydrogens is 156 g/mol. The second kappa shape index (κ2) is 5.01. The molecule has 66 valence electrons. The van der Waals surface area contributed by atoms with E-state index in [1.165, 1.54) is 26.1 Å². The summed E-state index contributed by atoms with van der Waals surface area (Å²) in [4.78, 5) is 2.55. The molecule has 0 aliphatic carbocycles. The first kappa shape index (κ1) is 9.36. The summed E-state index contributed by atoms with van der Waals surface area (Å²) in [5, 5.41) is 4.09. The topological polar surface area (TPSA) is 15.3 Å². The normalized spacial score (nSPS) is 24.5. The zero-order valence-corrected chi connectivity index (χ0v) is 8.28. The average molecular weight is 174 g/mol. The summed E-state index contributed by atoms with van der Waals surface area (Å²) in [6, 6.07) is 0. The molecule has 0 aromatic heterocycles. The largest absolute Gasteiger partial charge is 0.315 e. The van der Waals surface area contributed by atoms with E-state index in [0.29, 0.717) is 5.37 Å². The van der Waals surface area contributed by atoms with Gasteiger partial charge in [0.1, 0.15) is 0 Å². The molecule has 0 spiro atoms. The highest BCUT2D eigenvalue weighted by molar-refractivity contribution is 7.99. The molecule has 0 radical (unpaired) electrons. The first-order chi connectivity index (χ1) is 5.34. The van der Waals surface area contributed by atoms with E-state index in [9.17, 15) is 0 Å². The maximum atomic E-state index is 3.41. The standard InChI is InChI=1S/C8H18N2S/c1-8(11-2)10-6-3-4-9-5-7-10/h8-9H,3-7H2,1-2H3. The van der Waals surface area contributed by atoms with E-state index in [2.05, 4.69) is 23.4 Å². The molecule has 1 fully saturated rings. The van der Waals surface area contributed by atoms with E-state index < -0.39 is 0 Å². The number of nitrogens with one attached hydrogen (secondary N) is 1. The van der Waals surface area contributed by atoms with Crippen molar-refractivity contribution in [3.05, 3.63) is 0 Å². The molecule has 1 atom stereocenters. The third kappa shape index (κ3) is 3.01. The molecule has 1 N–H and O–H groups in total. The maximum absolute atomic E-state index is 3.41. The molecule has 0 amide bonds. The number of nitrogens with zero attached hydrogens (tertiary/aromatic N) is 1. The van der Waals surface area contributed by atoms with Crippen LogP contribution in [-0.2, 0) is 0 Å². The van der Waals surface area contributed by atoms with E-state index in [0.717, 1.165) is 6.54 Å². The van der Waals surface area contributed by atoms with Crippen molar-refractivity contribution < 1.29 is 0 Å². The molecule has 0 aromatic rings. The molecule has 11 heavy (non-hydrogen) atoms. The molecule has 0 bridgehead atoms. The van der Waals surface area contributed by atoms with Gasteiger partial charge in [0.15, 0.2) is 0 Å². The second-order valence-corrected chi connectivity index (χ2v) is 4.13. The second-order valence-electron chi connectivity index (χ2n) is 2.97. The smallest absolute Gasteiger partial charge is 0.0526 e. The third-order valence-electron chi connectivity index (χ3n) is 2.23. The Bertz CT molecular complexity index is 100. The zero-order chi connectivity index (χ0) is 8.10. The van der Waals surface area contributed by atoms with Crippen LogP contribution in [-0.4, -0.2) is 42.7 Å². The van der Waals surface area contributed by atoms with Crippen LogP contribution in [0.2, 0.25) is 0 Å². The van der Waals surface area contributed by atoms with Gasteiger partial charge in [0.2, 0.25) is 0 Å². The lowest BCUT2D eigenvalue weighted by molar-refractivity contribution is 0.286. The molecule has 1 aliphatic rings. The van der Waals surface area contributed by atoms with Gasteiger partial charge >= 0.3 is 0 Å². The Morgan fingerprint density at radius 3 is 2.91 bits per heavy atom. The van der Waals surface area contributed by atoms with Crippen LogP contribution >= 0.6 is 11.8 Å². The minimum absolute atomic E-state index is 0.690. The molecule has 1 saturated heterocycles. The van der Waals surface area contributed by atoms with Crippen LogP contribution in [0, 0.1) is 0 Å². The number of rotatable bonds is 2. The average Bonchev–Trinajstić information content (AvgIpc) is 2.30. The van der Waals surface area contributed by atoms with Gasteiger partial charge in [-0.1, -0.05) is 0 Å². The third-order valence-corrected chi connectivity index (χ3v) is 3.21. The summed E-state index contributed by atoms with van der Waals surface area (Å²) in [5.74, 6) is 0. The molecule has 3 heteroatoms. The Labute approximate surface area is 73.7 Å². The van der Waals surface area contributed by atoms with Gasteiger partial charge in [0.25, 0.3) is 0 Å². The van der Waals surface area contributed by atoms with Crippen LogP contribution in [0.4, 0.5) is 0 Å². The summed E-state index contributed by atoms with van der Waals surface area (Å²) < 4.78 is 0. The summed E-state index contributed by atoms with van der Waals surface area (Å²) in [7, 11) is 0. The van der Waals surface area contributed by atoms with Crippen LogP contribution < -0.4 is 5.32 Å². The summed E-state index contributed by atoms with van der Waals surface area (Å²) in [6.07, 6.45) is 3.48. The first-order valence-electron chi connectivity index (χ1n) is 4.32. The van der Waals surface area contributed by atoms with E-state index in [4.69, 9.17) is 0 Å². The predicted molar refractivity (Wildman–Crippen MR) is 52.0 cm³/mol. The van der Waals surface area contributed by atoms with Crippen molar-refractivity contribution in [2.24, 2.45) is 0 Å². The lowest BCUT2D eigenvalue weighted by Crippen LogP contribution is -2.33. The molecule has 0 saturated carbocycles. The first-order valence-corrected chi connectivity index (χ1v) is 5.61. The fourth-order valence-corrected chi connectivity index (χ4v) is 1.89. The highest BCUT2D eigenvalue weighted by atomic mass is 32.2. The highest BCUT2D eigenvalue weighted by Gasteiger charge is 2.13. The van der Waals surface area contributed by atoms with Crippen molar-refractivity contribution >= 4 is 11.8 Å². The molecule has 1 heterocycles. The molecule has 1 unspecified atom stereocenters. The predicted octanol–water partition coefficient (Wildman–Crippen LogP) is 0.991. The fraction of sp³-hybridized carbons (Fsp3) is 1.00. The van der Waals surface area contributed by atoms with Crippen molar-refractivity contribution in [1.82, 2.24) is 10.2 Å². The van der Waals surface area contributed by atoms with E-state index in [1.54, 1.807) is 0 Å². The van der Waals surface area contributed by atoms with Crippen LogP contribution in [0.25, 0.3) is 0 Å². The monoisotopic (exact) mass is 174 g/mol. The van der Waals surface area contributed by atoms with E-state index >= 15 is 0 Å². The Kier molecular flexibility index (Phi) is 4.26. The van der Waals surface area contributed by atoms with Crippen molar-refractivity contribution in [1.29, 1.82) is 0 Å². The molecule has 2 nitrogen and oxygen atoms in total. The van der Waals surface area contributed by atoms with Gasteiger partial charge < -0.3 is 5.32 Å². The van der Waals surface area contributed by atoms with Crippen LogP contribution in [0.5, 0.6) is 0 Å². The number of hydrogen-bond donors (Lipinski definition) is 1. The Morgan fingerprint density at radius 2 is 2.18 bits per heavy atom. The van der Waals surface area contributed by atoms with Gasteiger partial charge in [-0.05, 0) is 26.1 Å². The Morgan fingerprint density at radius 1 is 1.36 bits per heavy atom. The zero-order valence-electron chi connectivity index (χ0n) is 7.47. The Balaban J connectivity index is 2.30. The SMILES string of the molecule is CSC(C)N1CCCNCC1. The van der Waals surface area contributed by atoms with Gasteiger partial charge in [-0.25, -0.2) is 0 Å². The van der Waals surface area contributed by atoms with E-state index in [1.807, 2.05) is 11.8 Å². The summed E-state index contributed by atoms with van der Waals surface area (Å²) in [5.41, 5.74) is 0. The summed E-state index contributed by atoms with van der Waals surface area (Å²) in [6.45, 7) is 7.11. The number of hydrogen-bond acceptors (Lipinski definition) is 3. The molecular formula is C8H18N2S. The van der Waals surface area contributed by atoms with Gasteiger partial charge in [-0.3, -0.25) is 4.90 Å². The van der Waals surface area contributed by atoms with Crippen molar-refractivity contribution in [3.63, 3.8) is 0 Å². The highest BCUT2D eigenvalue weighted by Crippen LogP contribution is 2.12. The molecule has 1 rings (SSSR count). The molecule has 1 aliphatic heterocycles.